The second kappa shape index (κ2) is 6.51. The number of nitrogens with zero attached hydrogens (tertiary/aromatic N) is 1. The SMILES string of the molecule is NC1(C(=O)NCCc2ccc(S(=O)(=O)N3CCCCC3)s2)CC1. The Labute approximate surface area is 141 Å². The van der Waals surface area contributed by atoms with Gasteiger partial charge in [-0.25, -0.2) is 8.42 Å². The maximum atomic E-state index is 12.6. The van der Waals surface area contributed by atoms with Gasteiger partial charge in [0.25, 0.3) is 10.0 Å². The maximum Gasteiger partial charge on any atom is 0.252 e. The van der Waals surface area contributed by atoms with Crippen LogP contribution in [0.1, 0.15) is 37.0 Å². The third-order valence-corrected chi connectivity index (χ3v) is 7.96. The van der Waals surface area contributed by atoms with Crippen LogP contribution in [0.15, 0.2) is 16.3 Å². The number of amides is 1. The average Bonchev–Trinajstić information content (AvgIpc) is 3.12. The van der Waals surface area contributed by atoms with Crippen LogP contribution < -0.4 is 11.1 Å². The van der Waals surface area contributed by atoms with Gasteiger partial charge in [-0.1, -0.05) is 6.42 Å². The highest BCUT2D eigenvalue weighted by Crippen LogP contribution is 2.32. The first-order chi connectivity index (χ1) is 10.9. The van der Waals surface area contributed by atoms with Gasteiger partial charge in [0.2, 0.25) is 5.91 Å². The molecule has 0 aromatic carbocycles. The van der Waals surface area contributed by atoms with E-state index < -0.39 is 15.6 Å². The molecule has 1 aromatic heterocycles. The van der Waals surface area contributed by atoms with E-state index in [4.69, 9.17) is 5.73 Å². The monoisotopic (exact) mass is 357 g/mol. The summed E-state index contributed by atoms with van der Waals surface area (Å²) < 4.78 is 27.1. The minimum atomic E-state index is -3.35. The lowest BCUT2D eigenvalue weighted by Crippen LogP contribution is -2.43. The Kier molecular flexibility index (Phi) is 4.78. The molecule has 1 aliphatic heterocycles. The molecule has 3 N–H and O–H groups in total. The fourth-order valence-electron chi connectivity index (χ4n) is 2.70. The molecule has 23 heavy (non-hydrogen) atoms. The Morgan fingerprint density at radius 2 is 1.96 bits per heavy atom. The second-order valence-corrected chi connectivity index (χ2v) is 9.68. The smallest absolute Gasteiger partial charge is 0.252 e. The molecule has 8 heteroatoms. The van der Waals surface area contributed by atoms with Gasteiger partial charge in [0.1, 0.15) is 4.21 Å². The third-order valence-electron chi connectivity index (χ3n) is 4.44. The Morgan fingerprint density at radius 1 is 1.26 bits per heavy atom. The number of carbonyl (C=O) groups is 1. The van der Waals surface area contributed by atoms with Gasteiger partial charge in [0.15, 0.2) is 0 Å². The lowest BCUT2D eigenvalue weighted by atomic mass is 10.2. The highest BCUT2D eigenvalue weighted by Gasteiger charge is 2.45. The van der Waals surface area contributed by atoms with Crippen molar-refractivity contribution >= 4 is 27.3 Å². The zero-order valence-electron chi connectivity index (χ0n) is 13.1. The number of nitrogens with one attached hydrogen (secondary N) is 1. The van der Waals surface area contributed by atoms with Crippen molar-refractivity contribution in [2.24, 2.45) is 5.73 Å². The molecular formula is C15H23N3O3S2. The minimum Gasteiger partial charge on any atom is -0.354 e. The van der Waals surface area contributed by atoms with Crippen molar-refractivity contribution in [3.8, 4) is 0 Å². The highest BCUT2D eigenvalue weighted by atomic mass is 32.2. The lowest BCUT2D eigenvalue weighted by molar-refractivity contribution is -0.123. The largest absolute Gasteiger partial charge is 0.354 e. The molecule has 6 nitrogen and oxygen atoms in total. The number of thiophene rings is 1. The molecule has 1 aliphatic carbocycles. The minimum absolute atomic E-state index is 0.102. The van der Waals surface area contributed by atoms with Gasteiger partial charge in [-0.05, 0) is 44.2 Å². The van der Waals surface area contributed by atoms with Gasteiger partial charge in [-0.15, -0.1) is 11.3 Å². The first-order valence-electron chi connectivity index (χ1n) is 8.08. The summed E-state index contributed by atoms with van der Waals surface area (Å²) in [4.78, 5) is 12.7. The molecule has 2 fully saturated rings. The fourth-order valence-corrected chi connectivity index (χ4v) is 5.73. The summed E-state index contributed by atoms with van der Waals surface area (Å²) in [6.45, 7) is 1.72. The molecule has 1 saturated heterocycles. The van der Waals surface area contributed by atoms with Crippen molar-refractivity contribution in [3.63, 3.8) is 0 Å². The summed E-state index contributed by atoms with van der Waals surface area (Å²) in [5.41, 5.74) is 5.16. The maximum absolute atomic E-state index is 12.6. The van der Waals surface area contributed by atoms with E-state index in [2.05, 4.69) is 5.32 Å². The van der Waals surface area contributed by atoms with Crippen LogP contribution in [0.5, 0.6) is 0 Å². The predicted octanol–water partition coefficient (Wildman–Crippen LogP) is 1.07. The standard InChI is InChI=1S/C15H23N3O3S2/c16-15(7-8-15)14(19)17-9-6-12-4-5-13(22-12)23(20,21)18-10-2-1-3-11-18/h4-5H,1-3,6-11,16H2,(H,17,19). The summed E-state index contributed by atoms with van der Waals surface area (Å²) in [6.07, 6.45) is 5.09. The van der Waals surface area contributed by atoms with E-state index in [1.54, 1.807) is 10.4 Å². The molecule has 0 spiro atoms. The molecule has 0 bridgehead atoms. The first-order valence-corrected chi connectivity index (χ1v) is 10.3. The molecule has 0 unspecified atom stereocenters. The zero-order chi connectivity index (χ0) is 16.5. The van der Waals surface area contributed by atoms with Crippen LogP contribution in [-0.4, -0.2) is 43.8 Å². The van der Waals surface area contributed by atoms with E-state index in [-0.39, 0.29) is 5.91 Å². The molecule has 1 saturated carbocycles. The molecule has 0 atom stereocenters. The van der Waals surface area contributed by atoms with Gasteiger partial charge in [-0.3, -0.25) is 4.79 Å². The summed E-state index contributed by atoms with van der Waals surface area (Å²) >= 11 is 1.30. The molecule has 1 amide bonds. The molecule has 0 radical (unpaired) electrons. The fraction of sp³-hybridized carbons (Fsp3) is 0.667. The van der Waals surface area contributed by atoms with Crippen molar-refractivity contribution < 1.29 is 13.2 Å². The number of carbonyl (C=O) groups excluding carboxylic acids is 1. The van der Waals surface area contributed by atoms with E-state index in [0.717, 1.165) is 37.0 Å². The Hall–Kier alpha value is -0.960. The van der Waals surface area contributed by atoms with Crippen molar-refractivity contribution in [1.82, 2.24) is 9.62 Å². The van der Waals surface area contributed by atoms with E-state index in [1.165, 1.54) is 11.3 Å². The molecule has 3 rings (SSSR count). The molecule has 2 heterocycles. The average molecular weight is 358 g/mol. The van der Waals surface area contributed by atoms with E-state index in [0.29, 0.717) is 30.3 Å². The quantitative estimate of drug-likeness (QED) is 0.796. The molecule has 128 valence electrons. The molecule has 1 aromatic rings. The predicted molar refractivity (Wildman–Crippen MR) is 89.8 cm³/mol. The van der Waals surface area contributed by atoms with Crippen LogP contribution in [0, 0.1) is 0 Å². The van der Waals surface area contributed by atoms with Crippen LogP contribution in [0.25, 0.3) is 0 Å². The van der Waals surface area contributed by atoms with Gasteiger partial charge in [-0.2, -0.15) is 4.31 Å². The Morgan fingerprint density at radius 3 is 2.61 bits per heavy atom. The van der Waals surface area contributed by atoms with Gasteiger partial charge < -0.3 is 11.1 Å². The van der Waals surface area contributed by atoms with E-state index in [1.807, 2.05) is 6.07 Å². The van der Waals surface area contributed by atoms with Crippen LogP contribution in [0.3, 0.4) is 0 Å². The van der Waals surface area contributed by atoms with Crippen molar-refractivity contribution in [2.75, 3.05) is 19.6 Å². The zero-order valence-corrected chi connectivity index (χ0v) is 14.7. The van der Waals surface area contributed by atoms with E-state index >= 15 is 0 Å². The molecule has 2 aliphatic rings. The summed E-state index contributed by atoms with van der Waals surface area (Å²) in [6, 6.07) is 3.51. The second-order valence-electron chi connectivity index (χ2n) is 6.35. The Balaban J connectivity index is 1.56. The number of sulfonamides is 1. The summed E-state index contributed by atoms with van der Waals surface area (Å²) in [5, 5.41) is 2.83. The van der Waals surface area contributed by atoms with Gasteiger partial charge >= 0.3 is 0 Å². The third kappa shape index (κ3) is 3.76. The van der Waals surface area contributed by atoms with Crippen LogP contribution in [-0.2, 0) is 21.2 Å². The Bertz CT molecular complexity index is 674. The van der Waals surface area contributed by atoms with E-state index in [9.17, 15) is 13.2 Å². The summed E-state index contributed by atoms with van der Waals surface area (Å²) in [5.74, 6) is -0.102. The van der Waals surface area contributed by atoms with Crippen molar-refractivity contribution in [1.29, 1.82) is 0 Å². The number of hydrogen-bond donors (Lipinski definition) is 2. The normalized spacial score (nSPS) is 21.1. The summed E-state index contributed by atoms with van der Waals surface area (Å²) in [7, 11) is -3.35. The number of piperidine rings is 1. The first kappa shape index (κ1) is 16.9. The molecular weight excluding hydrogens is 334 g/mol. The van der Waals surface area contributed by atoms with Crippen molar-refractivity contribution in [2.45, 2.75) is 48.3 Å². The lowest BCUT2D eigenvalue weighted by Gasteiger charge is -2.25. The van der Waals surface area contributed by atoms with Crippen LogP contribution >= 0.6 is 11.3 Å². The highest BCUT2D eigenvalue weighted by molar-refractivity contribution is 7.91. The number of rotatable bonds is 6. The topological polar surface area (TPSA) is 92.5 Å². The van der Waals surface area contributed by atoms with Crippen LogP contribution in [0.4, 0.5) is 0 Å². The van der Waals surface area contributed by atoms with Crippen LogP contribution in [0.2, 0.25) is 0 Å². The van der Waals surface area contributed by atoms with Crippen molar-refractivity contribution in [3.05, 3.63) is 17.0 Å². The number of nitrogens with two attached hydrogens (primary N) is 1. The van der Waals surface area contributed by atoms with Gasteiger partial charge in [0, 0.05) is 24.5 Å². The van der Waals surface area contributed by atoms with Gasteiger partial charge in [0.05, 0.1) is 5.54 Å². The number of hydrogen-bond acceptors (Lipinski definition) is 5.